The Morgan fingerprint density at radius 1 is 1.12 bits per heavy atom. The zero-order valence-corrected chi connectivity index (χ0v) is 15.9. The molecule has 1 N–H and O–H groups in total. The van der Waals surface area contributed by atoms with E-state index in [-0.39, 0.29) is 22.7 Å². The standard InChI is InChI=1S/C19H21NO3S2/c1-13-6-5-8-17(14(13)2)20-19(21)16-7-3-4-9-18(16)24-15-10-11-25(22,23)12-15/h3-9,15H,10-12H2,1-2H3,(H,20,21)/t15-/m1/s1. The molecule has 0 unspecified atom stereocenters. The molecule has 0 aromatic heterocycles. The monoisotopic (exact) mass is 375 g/mol. The molecule has 2 aromatic rings. The van der Waals surface area contributed by atoms with Crippen molar-refractivity contribution in [3.05, 3.63) is 59.2 Å². The fourth-order valence-corrected chi connectivity index (χ4v) is 6.49. The molecule has 1 amide bonds. The van der Waals surface area contributed by atoms with Crippen molar-refractivity contribution < 1.29 is 13.2 Å². The minimum absolute atomic E-state index is 0.0136. The number of aryl methyl sites for hydroxylation is 1. The van der Waals surface area contributed by atoms with Gasteiger partial charge in [0.15, 0.2) is 9.84 Å². The largest absolute Gasteiger partial charge is 0.322 e. The minimum Gasteiger partial charge on any atom is -0.322 e. The van der Waals surface area contributed by atoms with Crippen molar-refractivity contribution in [3.8, 4) is 0 Å². The molecule has 25 heavy (non-hydrogen) atoms. The molecule has 1 saturated heterocycles. The molecule has 0 aliphatic carbocycles. The van der Waals surface area contributed by atoms with Gasteiger partial charge in [-0.25, -0.2) is 8.42 Å². The molecule has 0 saturated carbocycles. The van der Waals surface area contributed by atoms with Gasteiger partial charge in [-0.05, 0) is 49.6 Å². The van der Waals surface area contributed by atoms with E-state index < -0.39 is 9.84 Å². The van der Waals surface area contributed by atoms with Crippen molar-refractivity contribution >= 4 is 33.2 Å². The van der Waals surface area contributed by atoms with Gasteiger partial charge in [-0.2, -0.15) is 0 Å². The summed E-state index contributed by atoms with van der Waals surface area (Å²) in [4.78, 5) is 13.6. The molecule has 1 aliphatic heterocycles. The number of hydrogen-bond donors (Lipinski definition) is 1. The van der Waals surface area contributed by atoms with Gasteiger partial charge in [-0.1, -0.05) is 24.3 Å². The van der Waals surface area contributed by atoms with Crippen molar-refractivity contribution in [1.82, 2.24) is 0 Å². The highest BCUT2D eigenvalue weighted by atomic mass is 32.2. The summed E-state index contributed by atoms with van der Waals surface area (Å²) >= 11 is 1.49. The molecular weight excluding hydrogens is 354 g/mol. The van der Waals surface area contributed by atoms with E-state index in [4.69, 9.17) is 0 Å². The van der Waals surface area contributed by atoms with Crippen LogP contribution in [0.1, 0.15) is 27.9 Å². The molecule has 0 bridgehead atoms. The number of sulfone groups is 1. The second-order valence-electron chi connectivity index (χ2n) is 6.34. The second-order valence-corrected chi connectivity index (χ2v) is 9.91. The van der Waals surface area contributed by atoms with E-state index in [9.17, 15) is 13.2 Å². The summed E-state index contributed by atoms with van der Waals surface area (Å²) in [5, 5.41) is 2.99. The van der Waals surface area contributed by atoms with Crippen LogP contribution >= 0.6 is 11.8 Å². The Kier molecular flexibility index (Phi) is 5.20. The Hall–Kier alpha value is -1.79. The summed E-state index contributed by atoms with van der Waals surface area (Å²) in [5.41, 5.74) is 3.55. The third kappa shape index (κ3) is 4.25. The normalized spacial score (nSPS) is 18.9. The lowest BCUT2D eigenvalue weighted by molar-refractivity contribution is 0.102. The van der Waals surface area contributed by atoms with E-state index in [1.807, 2.05) is 50.2 Å². The lowest BCUT2D eigenvalue weighted by Gasteiger charge is -2.14. The number of amides is 1. The van der Waals surface area contributed by atoms with Crippen molar-refractivity contribution in [2.45, 2.75) is 30.4 Å². The van der Waals surface area contributed by atoms with Crippen LogP contribution in [-0.2, 0) is 9.84 Å². The molecule has 132 valence electrons. The first kappa shape index (κ1) is 18.0. The predicted octanol–water partition coefficient (Wildman–Crippen LogP) is 3.83. The fourth-order valence-electron chi connectivity index (χ4n) is 2.87. The summed E-state index contributed by atoms with van der Waals surface area (Å²) in [5.74, 6) is 0.254. The topological polar surface area (TPSA) is 63.2 Å². The first-order valence-electron chi connectivity index (χ1n) is 8.19. The molecule has 6 heteroatoms. The van der Waals surface area contributed by atoms with Gasteiger partial charge in [0.1, 0.15) is 0 Å². The van der Waals surface area contributed by atoms with Crippen molar-refractivity contribution in [1.29, 1.82) is 0 Å². The highest BCUT2D eigenvalue weighted by Gasteiger charge is 2.29. The highest BCUT2D eigenvalue weighted by molar-refractivity contribution is 8.02. The van der Waals surface area contributed by atoms with Gasteiger partial charge in [0.25, 0.3) is 5.91 Å². The number of rotatable bonds is 4. The van der Waals surface area contributed by atoms with E-state index in [2.05, 4.69) is 5.32 Å². The third-order valence-electron chi connectivity index (χ3n) is 4.47. The molecular formula is C19H21NO3S2. The maximum Gasteiger partial charge on any atom is 0.256 e. The first-order valence-corrected chi connectivity index (χ1v) is 10.9. The van der Waals surface area contributed by atoms with Crippen molar-refractivity contribution in [2.75, 3.05) is 16.8 Å². The molecule has 3 rings (SSSR count). The van der Waals surface area contributed by atoms with E-state index in [1.54, 1.807) is 6.07 Å². The van der Waals surface area contributed by atoms with Crippen LogP contribution in [0.25, 0.3) is 0 Å². The summed E-state index contributed by atoms with van der Waals surface area (Å²) < 4.78 is 23.3. The molecule has 1 aliphatic rings. The average molecular weight is 376 g/mol. The van der Waals surface area contributed by atoms with Gasteiger partial charge in [0.2, 0.25) is 0 Å². The van der Waals surface area contributed by atoms with Crippen LogP contribution in [0.4, 0.5) is 5.69 Å². The van der Waals surface area contributed by atoms with Gasteiger partial charge >= 0.3 is 0 Å². The lowest BCUT2D eigenvalue weighted by atomic mass is 10.1. The molecule has 0 radical (unpaired) electrons. The maximum absolute atomic E-state index is 12.8. The molecule has 1 atom stereocenters. The van der Waals surface area contributed by atoms with Crippen LogP contribution in [0.2, 0.25) is 0 Å². The Morgan fingerprint density at radius 3 is 2.60 bits per heavy atom. The van der Waals surface area contributed by atoms with E-state index in [0.29, 0.717) is 12.0 Å². The number of nitrogens with one attached hydrogen (secondary N) is 1. The summed E-state index contributed by atoms with van der Waals surface area (Å²) in [6.07, 6.45) is 0.639. The molecule has 2 aromatic carbocycles. The van der Waals surface area contributed by atoms with Crippen LogP contribution in [0.3, 0.4) is 0 Å². The number of anilines is 1. The number of thioether (sulfide) groups is 1. The second kappa shape index (κ2) is 7.22. The van der Waals surface area contributed by atoms with Crippen LogP contribution in [0.5, 0.6) is 0 Å². The average Bonchev–Trinajstić information content (AvgIpc) is 2.91. The van der Waals surface area contributed by atoms with Gasteiger partial charge in [0.05, 0.1) is 17.1 Å². The van der Waals surface area contributed by atoms with Gasteiger partial charge in [-0.3, -0.25) is 4.79 Å². The number of hydrogen-bond acceptors (Lipinski definition) is 4. The van der Waals surface area contributed by atoms with Crippen molar-refractivity contribution in [3.63, 3.8) is 0 Å². The fraction of sp³-hybridized carbons (Fsp3) is 0.316. The predicted molar refractivity (Wildman–Crippen MR) is 103 cm³/mol. The van der Waals surface area contributed by atoms with Crippen LogP contribution in [-0.4, -0.2) is 31.1 Å². The van der Waals surface area contributed by atoms with Crippen LogP contribution in [0.15, 0.2) is 47.4 Å². The Balaban J connectivity index is 1.80. The highest BCUT2D eigenvalue weighted by Crippen LogP contribution is 2.33. The van der Waals surface area contributed by atoms with Crippen molar-refractivity contribution in [2.24, 2.45) is 0 Å². The molecule has 4 nitrogen and oxygen atoms in total. The van der Waals surface area contributed by atoms with Crippen LogP contribution in [0, 0.1) is 13.8 Å². The third-order valence-corrected chi connectivity index (χ3v) is 7.79. The summed E-state index contributed by atoms with van der Waals surface area (Å²) in [6, 6.07) is 13.2. The zero-order chi connectivity index (χ0) is 18.0. The smallest absolute Gasteiger partial charge is 0.256 e. The zero-order valence-electron chi connectivity index (χ0n) is 14.3. The maximum atomic E-state index is 12.8. The van der Waals surface area contributed by atoms with Gasteiger partial charge in [-0.15, -0.1) is 11.8 Å². The number of benzene rings is 2. The first-order chi connectivity index (χ1) is 11.9. The van der Waals surface area contributed by atoms with E-state index in [0.717, 1.165) is 21.7 Å². The minimum atomic E-state index is -2.93. The Morgan fingerprint density at radius 2 is 1.88 bits per heavy atom. The Bertz CT molecular complexity index is 907. The van der Waals surface area contributed by atoms with E-state index in [1.165, 1.54) is 11.8 Å². The number of carbonyl (C=O) groups excluding carboxylic acids is 1. The number of carbonyl (C=O) groups is 1. The van der Waals surface area contributed by atoms with E-state index >= 15 is 0 Å². The quantitative estimate of drug-likeness (QED) is 0.882. The van der Waals surface area contributed by atoms with Crippen LogP contribution < -0.4 is 5.32 Å². The molecule has 1 fully saturated rings. The summed E-state index contributed by atoms with van der Waals surface area (Å²) in [7, 11) is -2.93. The molecule has 1 heterocycles. The SMILES string of the molecule is Cc1cccc(NC(=O)c2ccccc2S[C@@H]2CCS(=O)(=O)C2)c1C. The van der Waals surface area contributed by atoms with Gasteiger partial charge in [0, 0.05) is 15.8 Å². The lowest BCUT2D eigenvalue weighted by Crippen LogP contribution is -2.15. The molecule has 0 spiro atoms. The summed E-state index contributed by atoms with van der Waals surface area (Å²) in [6.45, 7) is 3.99. The Labute approximate surface area is 152 Å². The van der Waals surface area contributed by atoms with Gasteiger partial charge < -0.3 is 5.32 Å².